The molecular formula is C24H26FN5O2. The number of carbonyl (C=O) groups is 1. The zero-order chi connectivity index (χ0) is 22.2. The van der Waals surface area contributed by atoms with E-state index < -0.39 is 0 Å². The average Bonchev–Trinajstić information content (AvgIpc) is 3.14. The van der Waals surface area contributed by atoms with E-state index in [4.69, 9.17) is 4.74 Å². The number of hydrogen-bond acceptors (Lipinski definition) is 5. The van der Waals surface area contributed by atoms with Crippen molar-refractivity contribution in [1.82, 2.24) is 25.1 Å². The summed E-state index contributed by atoms with van der Waals surface area (Å²) < 4.78 is 21.6. The molecule has 0 spiro atoms. The summed E-state index contributed by atoms with van der Waals surface area (Å²) in [4.78, 5) is 20.9. The lowest BCUT2D eigenvalue weighted by atomic mass is 9.97. The third-order valence-electron chi connectivity index (χ3n) is 6.83. The van der Waals surface area contributed by atoms with Gasteiger partial charge in [-0.2, -0.15) is 5.10 Å². The highest BCUT2D eigenvalue weighted by Crippen LogP contribution is 2.61. The maximum absolute atomic E-state index is 13.7. The van der Waals surface area contributed by atoms with E-state index in [1.807, 2.05) is 6.92 Å². The normalized spacial score (nSPS) is 24.7. The summed E-state index contributed by atoms with van der Waals surface area (Å²) >= 11 is 0. The molecule has 5 atom stereocenters. The quantitative estimate of drug-likeness (QED) is 0.583. The molecule has 0 aliphatic heterocycles. The molecule has 1 aromatic carbocycles. The Bertz CT molecular complexity index is 1140. The molecular weight excluding hydrogens is 409 g/mol. The highest BCUT2D eigenvalue weighted by molar-refractivity contribution is 5.84. The summed E-state index contributed by atoms with van der Waals surface area (Å²) in [6, 6.07) is 6.34. The minimum atomic E-state index is -0.299. The lowest BCUT2D eigenvalue weighted by Crippen LogP contribution is -2.31. The number of rotatable bonds is 8. The van der Waals surface area contributed by atoms with Crippen molar-refractivity contribution in [3.63, 3.8) is 0 Å². The van der Waals surface area contributed by atoms with Gasteiger partial charge in [-0.1, -0.05) is 13.5 Å². The van der Waals surface area contributed by atoms with Crippen molar-refractivity contribution >= 4 is 16.8 Å². The van der Waals surface area contributed by atoms with Crippen molar-refractivity contribution in [3.8, 4) is 5.75 Å². The second-order valence-corrected chi connectivity index (χ2v) is 8.88. The number of benzene rings is 1. The van der Waals surface area contributed by atoms with Crippen molar-refractivity contribution in [2.75, 3.05) is 0 Å². The smallest absolute Gasteiger partial charge is 0.227 e. The molecule has 8 heteroatoms. The maximum Gasteiger partial charge on any atom is 0.227 e. The number of fused-ring (bicyclic) bond motifs is 2. The van der Waals surface area contributed by atoms with Gasteiger partial charge in [-0.25, -0.2) is 9.37 Å². The predicted octanol–water partition coefficient (Wildman–Crippen LogP) is 3.73. The number of halogens is 1. The number of aromatic nitrogens is 4. The molecule has 0 radical (unpaired) electrons. The second-order valence-electron chi connectivity index (χ2n) is 8.88. The molecule has 3 aromatic rings. The highest BCUT2D eigenvalue weighted by Gasteiger charge is 2.59. The first-order valence-corrected chi connectivity index (χ1v) is 11.0. The van der Waals surface area contributed by atoms with E-state index in [0.717, 1.165) is 18.4 Å². The number of ether oxygens (including phenoxy) is 1. The standard InChI is InChI=1S/C24H26FN5O2/c1-14(6-8-30-13-26-12-28-30)29-24(31)15(2)23-18-10-17(11-19(18)23)32-22-5-7-27-21-4-3-16(25)9-20(21)22/h3-5,7,9,12-13,15,17-19,23H,1,6,8,10-11H2,2H3,(H,29,31)/t15?,17-,18-,19+,23+. The van der Waals surface area contributed by atoms with Crippen LogP contribution in [0, 0.1) is 29.5 Å². The molecule has 0 saturated heterocycles. The number of hydrogen-bond donors (Lipinski definition) is 1. The number of allylic oxidation sites excluding steroid dienone is 1. The molecule has 5 rings (SSSR count). The van der Waals surface area contributed by atoms with Crippen molar-refractivity contribution < 1.29 is 13.9 Å². The molecule has 2 aliphatic rings. The first-order chi connectivity index (χ1) is 15.5. The van der Waals surface area contributed by atoms with Crippen LogP contribution in [0.3, 0.4) is 0 Å². The van der Waals surface area contributed by atoms with Gasteiger partial charge >= 0.3 is 0 Å². The summed E-state index contributed by atoms with van der Waals surface area (Å²) in [7, 11) is 0. The topological polar surface area (TPSA) is 81.9 Å². The predicted molar refractivity (Wildman–Crippen MR) is 117 cm³/mol. The molecule has 7 nitrogen and oxygen atoms in total. The molecule has 166 valence electrons. The van der Waals surface area contributed by atoms with Crippen molar-refractivity contribution in [2.24, 2.45) is 23.7 Å². The molecule has 2 saturated carbocycles. The Kier molecular flexibility index (Phi) is 5.36. The minimum Gasteiger partial charge on any atom is -0.490 e. The summed E-state index contributed by atoms with van der Waals surface area (Å²) in [5.74, 6) is 1.71. The molecule has 1 unspecified atom stereocenters. The molecule has 2 fully saturated rings. The van der Waals surface area contributed by atoms with Crippen LogP contribution in [0.15, 0.2) is 55.4 Å². The summed E-state index contributed by atoms with van der Waals surface area (Å²) in [6.45, 7) is 6.60. The van der Waals surface area contributed by atoms with Crippen LogP contribution in [-0.2, 0) is 11.3 Å². The van der Waals surface area contributed by atoms with Gasteiger partial charge in [-0.15, -0.1) is 0 Å². The van der Waals surface area contributed by atoms with E-state index in [-0.39, 0.29) is 23.7 Å². The Morgan fingerprint density at radius 1 is 1.34 bits per heavy atom. The van der Waals surface area contributed by atoms with Crippen LogP contribution >= 0.6 is 0 Å². The van der Waals surface area contributed by atoms with E-state index in [0.29, 0.717) is 47.6 Å². The number of pyridine rings is 1. The summed E-state index contributed by atoms with van der Waals surface area (Å²) in [6.07, 6.45) is 7.36. The molecule has 2 aromatic heterocycles. The average molecular weight is 436 g/mol. The van der Waals surface area contributed by atoms with Gasteiger partial charge in [0.05, 0.1) is 11.6 Å². The van der Waals surface area contributed by atoms with E-state index in [2.05, 4.69) is 27.0 Å². The molecule has 1 N–H and O–H groups in total. The zero-order valence-corrected chi connectivity index (χ0v) is 17.9. The fraction of sp³-hybridized carbons (Fsp3) is 0.417. The van der Waals surface area contributed by atoms with Crippen LogP contribution in [0.25, 0.3) is 10.9 Å². The Hall–Kier alpha value is -3.29. The third-order valence-corrected chi connectivity index (χ3v) is 6.83. The van der Waals surface area contributed by atoms with Crippen LogP contribution in [0.4, 0.5) is 4.39 Å². The lowest BCUT2D eigenvalue weighted by Gasteiger charge is -2.20. The molecule has 0 bridgehead atoms. The van der Waals surface area contributed by atoms with Gasteiger partial charge in [0.1, 0.15) is 24.2 Å². The monoisotopic (exact) mass is 435 g/mol. The molecule has 32 heavy (non-hydrogen) atoms. The van der Waals surface area contributed by atoms with Crippen LogP contribution < -0.4 is 10.1 Å². The SMILES string of the molecule is C=C(CCn1cncn1)NC(=O)C(C)[C@H]1[C@@H]2C[C@@H](Oc3ccnc4ccc(F)cc34)C[C@@H]21. The second kappa shape index (κ2) is 8.33. The number of aryl methyl sites for hydroxylation is 1. The Morgan fingerprint density at radius 3 is 2.91 bits per heavy atom. The van der Waals surface area contributed by atoms with Gasteiger partial charge in [0.25, 0.3) is 0 Å². The number of amides is 1. The number of nitrogens with zero attached hydrogens (tertiary/aromatic N) is 4. The van der Waals surface area contributed by atoms with Crippen LogP contribution in [0.5, 0.6) is 5.75 Å². The zero-order valence-electron chi connectivity index (χ0n) is 17.9. The van der Waals surface area contributed by atoms with Crippen LogP contribution in [-0.4, -0.2) is 31.8 Å². The van der Waals surface area contributed by atoms with Gasteiger partial charge in [-0.05, 0) is 54.9 Å². The number of nitrogens with one attached hydrogen (secondary N) is 1. The van der Waals surface area contributed by atoms with Crippen molar-refractivity contribution in [2.45, 2.75) is 38.8 Å². The Balaban J connectivity index is 1.12. The minimum absolute atomic E-state index is 0.0288. The van der Waals surface area contributed by atoms with Crippen LogP contribution in [0.2, 0.25) is 0 Å². The van der Waals surface area contributed by atoms with E-state index in [1.165, 1.54) is 18.5 Å². The van der Waals surface area contributed by atoms with Gasteiger partial charge in [-0.3, -0.25) is 14.5 Å². The van der Waals surface area contributed by atoms with Gasteiger partial charge in [0, 0.05) is 36.2 Å². The third kappa shape index (κ3) is 4.09. The van der Waals surface area contributed by atoms with E-state index in [1.54, 1.807) is 29.3 Å². The van der Waals surface area contributed by atoms with E-state index in [9.17, 15) is 9.18 Å². The van der Waals surface area contributed by atoms with E-state index >= 15 is 0 Å². The summed E-state index contributed by atoms with van der Waals surface area (Å²) in [5.41, 5.74) is 1.42. The van der Waals surface area contributed by atoms with Gasteiger partial charge in [0.15, 0.2) is 0 Å². The largest absolute Gasteiger partial charge is 0.490 e. The first-order valence-electron chi connectivity index (χ1n) is 11.0. The summed E-state index contributed by atoms with van der Waals surface area (Å²) in [5, 5.41) is 7.71. The molecule has 2 heterocycles. The first kappa shape index (κ1) is 20.6. The maximum atomic E-state index is 13.7. The molecule has 1 amide bonds. The van der Waals surface area contributed by atoms with Gasteiger partial charge in [0.2, 0.25) is 5.91 Å². The fourth-order valence-corrected chi connectivity index (χ4v) is 5.18. The Morgan fingerprint density at radius 2 is 2.16 bits per heavy atom. The van der Waals surface area contributed by atoms with Crippen molar-refractivity contribution in [1.29, 1.82) is 0 Å². The van der Waals surface area contributed by atoms with Gasteiger partial charge < -0.3 is 10.1 Å². The van der Waals surface area contributed by atoms with Crippen LogP contribution in [0.1, 0.15) is 26.2 Å². The molecule has 2 aliphatic carbocycles. The van der Waals surface area contributed by atoms with Crippen molar-refractivity contribution in [3.05, 3.63) is 61.2 Å². The number of carbonyl (C=O) groups excluding carboxylic acids is 1. The Labute approximate surface area is 185 Å². The fourth-order valence-electron chi connectivity index (χ4n) is 5.18. The highest BCUT2D eigenvalue weighted by atomic mass is 19.1. The lowest BCUT2D eigenvalue weighted by molar-refractivity contribution is -0.124.